The van der Waals surface area contributed by atoms with Crippen molar-refractivity contribution in [3.8, 4) is 5.75 Å². The van der Waals surface area contributed by atoms with Crippen molar-refractivity contribution in [2.24, 2.45) is 5.73 Å². The van der Waals surface area contributed by atoms with E-state index in [9.17, 15) is 9.59 Å². The zero-order chi connectivity index (χ0) is 15.2. The van der Waals surface area contributed by atoms with Crippen LogP contribution in [0.5, 0.6) is 5.75 Å². The lowest BCUT2D eigenvalue weighted by Gasteiger charge is -2.33. The first-order chi connectivity index (χ1) is 10.2. The highest BCUT2D eigenvalue weighted by molar-refractivity contribution is 5.76. The molecule has 0 aliphatic carbocycles. The van der Waals surface area contributed by atoms with E-state index in [-0.39, 0.29) is 29.9 Å². The number of carbonyl (C=O) groups is 1. The molecule has 116 valence electrons. The van der Waals surface area contributed by atoms with Gasteiger partial charge in [-0.1, -0.05) is 0 Å². The van der Waals surface area contributed by atoms with Gasteiger partial charge in [0.2, 0.25) is 5.91 Å². The predicted octanol–water partition coefficient (Wildman–Crippen LogP) is -0.567. The quantitative estimate of drug-likeness (QED) is 0.786. The first kappa shape index (κ1) is 15.5. The van der Waals surface area contributed by atoms with Crippen LogP contribution in [0.2, 0.25) is 0 Å². The maximum atomic E-state index is 12.3. The Bertz CT molecular complexity index is 541. The Kier molecular flexibility index (Phi) is 5.35. The number of rotatable bonds is 5. The molecule has 1 saturated heterocycles. The van der Waals surface area contributed by atoms with E-state index < -0.39 is 0 Å². The average Bonchev–Trinajstić information content (AvgIpc) is 2.50. The molecule has 7 heteroatoms. The van der Waals surface area contributed by atoms with E-state index in [4.69, 9.17) is 15.2 Å². The van der Waals surface area contributed by atoms with Crippen molar-refractivity contribution in [2.45, 2.75) is 19.1 Å². The normalized spacial score (nSPS) is 18.6. The van der Waals surface area contributed by atoms with Crippen LogP contribution >= 0.6 is 0 Å². The van der Waals surface area contributed by atoms with E-state index in [2.05, 4.69) is 0 Å². The van der Waals surface area contributed by atoms with Gasteiger partial charge in [-0.15, -0.1) is 0 Å². The Morgan fingerprint density at radius 3 is 3.10 bits per heavy atom. The molecule has 1 aliphatic heterocycles. The van der Waals surface area contributed by atoms with Gasteiger partial charge in [-0.05, 0) is 25.1 Å². The Morgan fingerprint density at radius 2 is 2.38 bits per heavy atom. The number of aromatic nitrogens is 1. The highest BCUT2D eigenvalue weighted by atomic mass is 16.5. The summed E-state index contributed by atoms with van der Waals surface area (Å²) in [6.07, 6.45) is 2.29. The molecule has 2 N–H and O–H groups in total. The second-order valence-corrected chi connectivity index (χ2v) is 4.92. The van der Waals surface area contributed by atoms with Gasteiger partial charge in [0.05, 0.1) is 19.8 Å². The minimum atomic E-state index is -0.305. The van der Waals surface area contributed by atoms with Crippen molar-refractivity contribution in [1.29, 1.82) is 0 Å². The van der Waals surface area contributed by atoms with Gasteiger partial charge in [0.1, 0.15) is 6.54 Å². The first-order valence-electron chi connectivity index (χ1n) is 6.98. The van der Waals surface area contributed by atoms with Gasteiger partial charge >= 0.3 is 0 Å². The number of amides is 1. The van der Waals surface area contributed by atoms with E-state index in [0.29, 0.717) is 26.2 Å². The summed E-state index contributed by atoms with van der Waals surface area (Å²) in [5.74, 6) is 0.129. The second kappa shape index (κ2) is 7.24. The lowest BCUT2D eigenvalue weighted by Crippen LogP contribution is -2.47. The van der Waals surface area contributed by atoms with E-state index in [1.807, 2.05) is 0 Å². The molecule has 0 spiro atoms. The molecule has 21 heavy (non-hydrogen) atoms. The summed E-state index contributed by atoms with van der Waals surface area (Å²) >= 11 is 0. The molecule has 2 heterocycles. The van der Waals surface area contributed by atoms with Gasteiger partial charge in [-0.3, -0.25) is 9.59 Å². The molecule has 0 unspecified atom stereocenters. The van der Waals surface area contributed by atoms with E-state index in [1.54, 1.807) is 23.2 Å². The third-order valence-electron chi connectivity index (χ3n) is 3.49. The number of hydrogen-bond donors (Lipinski definition) is 1. The van der Waals surface area contributed by atoms with Crippen LogP contribution in [0.3, 0.4) is 0 Å². The number of hydrogen-bond acceptors (Lipinski definition) is 5. The average molecular weight is 295 g/mol. The number of pyridine rings is 1. The number of nitrogens with two attached hydrogens (primary N) is 1. The third kappa shape index (κ3) is 3.83. The fraction of sp³-hybridized carbons (Fsp3) is 0.571. The molecule has 1 amide bonds. The molecule has 0 radical (unpaired) electrons. The number of carbonyl (C=O) groups excluding carboxylic acids is 1. The topological polar surface area (TPSA) is 86.8 Å². The van der Waals surface area contributed by atoms with E-state index >= 15 is 0 Å². The largest absolute Gasteiger partial charge is 0.491 e. The minimum Gasteiger partial charge on any atom is -0.491 e. The molecule has 1 aromatic rings. The SMILES string of the molecule is COc1cccn(CC(=O)N2CCO[C@@H](CCN)C2)c1=O. The number of methoxy groups -OCH3 is 1. The lowest BCUT2D eigenvalue weighted by molar-refractivity contribution is -0.139. The molecule has 2 rings (SSSR count). The minimum absolute atomic E-state index is 0.00534. The van der Waals surface area contributed by atoms with Crippen LogP contribution in [-0.4, -0.2) is 54.8 Å². The Hall–Kier alpha value is -1.86. The number of ether oxygens (including phenoxy) is 2. The summed E-state index contributed by atoms with van der Waals surface area (Å²) in [5.41, 5.74) is 5.21. The standard InChI is InChI=1S/C14H21N3O4/c1-20-12-3-2-6-17(14(12)19)10-13(18)16-7-8-21-11(9-16)4-5-15/h2-3,6,11H,4-5,7-10,15H2,1H3/t11-/m0/s1. The molecule has 0 saturated carbocycles. The van der Waals surface area contributed by atoms with E-state index in [1.165, 1.54) is 11.7 Å². The van der Waals surface area contributed by atoms with Gasteiger partial charge in [-0.25, -0.2) is 0 Å². The van der Waals surface area contributed by atoms with Crippen LogP contribution in [0.25, 0.3) is 0 Å². The number of nitrogens with zero attached hydrogens (tertiary/aromatic N) is 2. The highest BCUT2D eigenvalue weighted by Gasteiger charge is 2.24. The fourth-order valence-electron chi connectivity index (χ4n) is 2.35. The summed E-state index contributed by atoms with van der Waals surface area (Å²) < 4.78 is 11.9. The summed E-state index contributed by atoms with van der Waals surface area (Å²) in [4.78, 5) is 26.0. The first-order valence-corrected chi connectivity index (χ1v) is 6.98. The lowest BCUT2D eigenvalue weighted by atomic mass is 10.2. The van der Waals surface area contributed by atoms with Crippen LogP contribution in [-0.2, 0) is 16.1 Å². The van der Waals surface area contributed by atoms with Gasteiger partial charge < -0.3 is 24.7 Å². The van der Waals surface area contributed by atoms with Gasteiger partial charge in [0.25, 0.3) is 5.56 Å². The summed E-state index contributed by atoms with van der Waals surface area (Å²) in [6.45, 7) is 2.10. The second-order valence-electron chi connectivity index (χ2n) is 4.92. The van der Waals surface area contributed by atoms with Crippen LogP contribution in [0.15, 0.2) is 23.1 Å². The molecule has 0 bridgehead atoms. The summed E-state index contributed by atoms with van der Waals surface area (Å²) in [5, 5.41) is 0. The molecule has 0 aromatic carbocycles. The van der Waals surface area contributed by atoms with Gasteiger partial charge in [-0.2, -0.15) is 0 Å². The smallest absolute Gasteiger partial charge is 0.293 e. The maximum Gasteiger partial charge on any atom is 0.293 e. The maximum absolute atomic E-state index is 12.3. The van der Waals surface area contributed by atoms with Crippen molar-refractivity contribution < 1.29 is 14.3 Å². The predicted molar refractivity (Wildman–Crippen MR) is 77.2 cm³/mol. The van der Waals surface area contributed by atoms with Crippen LogP contribution in [0, 0.1) is 0 Å². The van der Waals surface area contributed by atoms with Gasteiger partial charge in [0.15, 0.2) is 5.75 Å². The molecule has 1 fully saturated rings. The molecule has 1 atom stereocenters. The van der Waals surface area contributed by atoms with Crippen molar-refractivity contribution in [3.63, 3.8) is 0 Å². The molecule has 1 aliphatic rings. The van der Waals surface area contributed by atoms with Crippen LogP contribution in [0.4, 0.5) is 0 Å². The monoisotopic (exact) mass is 295 g/mol. The van der Waals surface area contributed by atoms with Crippen molar-refractivity contribution in [2.75, 3.05) is 33.4 Å². The summed E-state index contributed by atoms with van der Waals surface area (Å²) in [7, 11) is 1.43. The Labute approximate surface area is 123 Å². The van der Waals surface area contributed by atoms with Crippen molar-refractivity contribution in [1.82, 2.24) is 9.47 Å². The van der Waals surface area contributed by atoms with Gasteiger partial charge in [0, 0.05) is 19.3 Å². The third-order valence-corrected chi connectivity index (χ3v) is 3.49. The molecule has 1 aromatic heterocycles. The summed E-state index contributed by atoms with van der Waals surface area (Å²) in [6, 6.07) is 3.26. The van der Waals surface area contributed by atoms with Crippen LogP contribution < -0.4 is 16.0 Å². The zero-order valence-electron chi connectivity index (χ0n) is 12.2. The highest BCUT2D eigenvalue weighted by Crippen LogP contribution is 2.09. The Balaban J connectivity index is 2.03. The molecule has 7 nitrogen and oxygen atoms in total. The number of morpholine rings is 1. The Morgan fingerprint density at radius 1 is 1.57 bits per heavy atom. The molecular formula is C14H21N3O4. The van der Waals surface area contributed by atoms with E-state index in [0.717, 1.165) is 6.42 Å². The van der Waals surface area contributed by atoms with Crippen LogP contribution in [0.1, 0.15) is 6.42 Å². The zero-order valence-corrected chi connectivity index (χ0v) is 12.2. The van der Waals surface area contributed by atoms with Crippen molar-refractivity contribution in [3.05, 3.63) is 28.7 Å². The van der Waals surface area contributed by atoms with Crippen molar-refractivity contribution >= 4 is 5.91 Å². The molecular weight excluding hydrogens is 274 g/mol. The fourth-order valence-corrected chi connectivity index (χ4v) is 2.35.